The molecule has 102 valence electrons. The van der Waals surface area contributed by atoms with E-state index in [4.69, 9.17) is 0 Å². The van der Waals surface area contributed by atoms with Gasteiger partial charge in [0.15, 0.2) is 0 Å². The Hall–Kier alpha value is -1.93. The van der Waals surface area contributed by atoms with Crippen LogP contribution in [0.4, 0.5) is 5.69 Å². The van der Waals surface area contributed by atoms with Gasteiger partial charge in [-0.1, -0.05) is 0 Å². The van der Waals surface area contributed by atoms with Gasteiger partial charge in [0.1, 0.15) is 4.90 Å². The van der Waals surface area contributed by atoms with Crippen molar-refractivity contribution in [2.24, 2.45) is 7.05 Å². The van der Waals surface area contributed by atoms with Crippen LogP contribution in [0.25, 0.3) is 0 Å². The minimum absolute atomic E-state index is 0.119. The number of rotatable bonds is 5. The van der Waals surface area contributed by atoms with E-state index in [1.807, 2.05) is 0 Å². The summed E-state index contributed by atoms with van der Waals surface area (Å²) in [5.74, 6) is 0. The molecule has 0 unspecified atom stereocenters. The maximum atomic E-state index is 12.2. The zero-order valence-corrected chi connectivity index (χ0v) is 11.5. The number of nitrogens with zero attached hydrogens (tertiary/aromatic N) is 3. The van der Waals surface area contributed by atoms with Crippen LogP contribution < -0.4 is 10.0 Å². The predicted molar refractivity (Wildman–Crippen MR) is 71.0 cm³/mol. The Bertz CT molecular complexity index is 665. The van der Waals surface area contributed by atoms with E-state index in [1.165, 1.54) is 12.4 Å². The Labute approximate surface area is 111 Å². The van der Waals surface area contributed by atoms with Crippen LogP contribution in [0.5, 0.6) is 0 Å². The SMILES string of the molecule is CNc1ccncc1S(=O)(=O)NCc1ccn(C)n1. The Morgan fingerprint density at radius 1 is 1.37 bits per heavy atom. The van der Waals surface area contributed by atoms with Gasteiger partial charge < -0.3 is 5.32 Å². The molecule has 0 bridgehead atoms. The number of hydrogen-bond acceptors (Lipinski definition) is 5. The minimum atomic E-state index is -3.62. The van der Waals surface area contributed by atoms with Gasteiger partial charge in [-0.05, 0) is 12.1 Å². The summed E-state index contributed by atoms with van der Waals surface area (Å²) in [5.41, 5.74) is 1.16. The van der Waals surface area contributed by atoms with Crippen LogP contribution in [0, 0.1) is 0 Å². The largest absolute Gasteiger partial charge is 0.387 e. The summed E-state index contributed by atoms with van der Waals surface area (Å²) in [5, 5.41) is 6.93. The smallest absolute Gasteiger partial charge is 0.244 e. The van der Waals surface area contributed by atoms with Crippen LogP contribution in [0.1, 0.15) is 5.69 Å². The topological polar surface area (TPSA) is 88.9 Å². The van der Waals surface area contributed by atoms with E-state index < -0.39 is 10.0 Å². The molecule has 2 N–H and O–H groups in total. The third-order valence-corrected chi connectivity index (χ3v) is 3.98. The maximum absolute atomic E-state index is 12.2. The van der Waals surface area contributed by atoms with Gasteiger partial charge in [0, 0.05) is 32.7 Å². The molecule has 19 heavy (non-hydrogen) atoms. The lowest BCUT2D eigenvalue weighted by Gasteiger charge is -2.09. The molecule has 0 fully saturated rings. The summed E-state index contributed by atoms with van der Waals surface area (Å²) in [6.07, 6.45) is 4.60. The molecule has 2 aromatic heterocycles. The van der Waals surface area contributed by atoms with Crippen molar-refractivity contribution in [1.29, 1.82) is 0 Å². The van der Waals surface area contributed by atoms with E-state index in [1.54, 1.807) is 37.1 Å². The molecule has 2 rings (SSSR count). The maximum Gasteiger partial charge on any atom is 0.244 e. The molecule has 0 atom stereocenters. The summed E-state index contributed by atoms with van der Waals surface area (Å²) in [7, 11) is -0.180. The molecule has 0 aliphatic heterocycles. The van der Waals surface area contributed by atoms with E-state index in [2.05, 4.69) is 20.1 Å². The van der Waals surface area contributed by atoms with Crippen molar-refractivity contribution in [3.8, 4) is 0 Å². The lowest BCUT2D eigenvalue weighted by Crippen LogP contribution is -2.24. The van der Waals surface area contributed by atoms with Gasteiger partial charge in [-0.3, -0.25) is 9.67 Å². The van der Waals surface area contributed by atoms with Crippen molar-refractivity contribution in [3.63, 3.8) is 0 Å². The molecule has 0 amide bonds. The quantitative estimate of drug-likeness (QED) is 0.824. The summed E-state index contributed by atoms with van der Waals surface area (Å²) >= 11 is 0. The molecule has 0 aliphatic rings. The molecule has 0 aliphatic carbocycles. The van der Waals surface area contributed by atoms with E-state index in [0.29, 0.717) is 11.4 Å². The first-order valence-corrected chi connectivity index (χ1v) is 7.11. The molecule has 2 heterocycles. The van der Waals surface area contributed by atoms with Gasteiger partial charge in [-0.15, -0.1) is 0 Å². The van der Waals surface area contributed by atoms with E-state index in [-0.39, 0.29) is 11.4 Å². The standard InChI is InChI=1S/C11H15N5O2S/c1-12-10-3-5-13-8-11(10)19(17,18)14-7-9-4-6-16(2)15-9/h3-6,8,14H,7H2,1-2H3,(H,12,13). The van der Waals surface area contributed by atoms with Gasteiger partial charge in [0.05, 0.1) is 17.9 Å². The fraction of sp³-hybridized carbons (Fsp3) is 0.273. The third-order valence-electron chi connectivity index (χ3n) is 2.56. The molecule has 0 saturated carbocycles. The molecular formula is C11H15N5O2S. The molecule has 0 saturated heterocycles. The molecular weight excluding hydrogens is 266 g/mol. The number of aromatic nitrogens is 3. The highest BCUT2D eigenvalue weighted by molar-refractivity contribution is 7.89. The van der Waals surface area contributed by atoms with Crippen LogP contribution in [0.15, 0.2) is 35.6 Å². The molecule has 0 spiro atoms. The Kier molecular flexibility index (Phi) is 3.82. The average Bonchev–Trinajstić information content (AvgIpc) is 2.82. The number of pyridine rings is 1. The lowest BCUT2D eigenvalue weighted by atomic mass is 10.4. The monoisotopic (exact) mass is 281 g/mol. The van der Waals surface area contributed by atoms with Gasteiger partial charge in [0.25, 0.3) is 0 Å². The van der Waals surface area contributed by atoms with Crippen LogP contribution in [-0.4, -0.2) is 30.2 Å². The van der Waals surface area contributed by atoms with Gasteiger partial charge in [0.2, 0.25) is 10.0 Å². The van der Waals surface area contributed by atoms with Crippen LogP contribution in [0.3, 0.4) is 0 Å². The first kappa shape index (κ1) is 13.5. The summed E-state index contributed by atoms with van der Waals surface area (Å²) in [6.45, 7) is 0.140. The Balaban J connectivity index is 2.18. The normalized spacial score (nSPS) is 11.5. The van der Waals surface area contributed by atoms with Crippen molar-refractivity contribution < 1.29 is 8.42 Å². The van der Waals surface area contributed by atoms with Crippen molar-refractivity contribution in [2.45, 2.75) is 11.4 Å². The second-order valence-electron chi connectivity index (χ2n) is 3.93. The summed E-state index contributed by atoms with van der Waals surface area (Å²) < 4.78 is 28.4. The second-order valence-corrected chi connectivity index (χ2v) is 5.66. The zero-order valence-electron chi connectivity index (χ0n) is 10.7. The van der Waals surface area contributed by atoms with Crippen molar-refractivity contribution in [1.82, 2.24) is 19.5 Å². The van der Waals surface area contributed by atoms with Crippen molar-refractivity contribution >= 4 is 15.7 Å². The van der Waals surface area contributed by atoms with E-state index in [0.717, 1.165) is 0 Å². The third kappa shape index (κ3) is 3.09. The summed E-state index contributed by atoms with van der Waals surface area (Å²) in [4.78, 5) is 3.96. The molecule has 7 nitrogen and oxygen atoms in total. The summed E-state index contributed by atoms with van der Waals surface area (Å²) in [6, 6.07) is 3.36. The van der Waals surface area contributed by atoms with Crippen LogP contribution in [-0.2, 0) is 23.6 Å². The first-order valence-electron chi connectivity index (χ1n) is 5.63. The van der Waals surface area contributed by atoms with Crippen molar-refractivity contribution in [3.05, 3.63) is 36.4 Å². The van der Waals surface area contributed by atoms with Crippen molar-refractivity contribution in [2.75, 3.05) is 12.4 Å². The second kappa shape index (κ2) is 5.37. The van der Waals surface area contributed by atoms with Gasteiger partial charge in [-0.2, -0.15) is 5.10 Å². The zero-order chi connectivity index (χ0) is 13.9. The van der Waals surface area contributed by atoms with Crippen LogP contribution >= 0.6 is 0 Å². The van der Waals surface area contributed by atoms with E-state index in [9.17, 15) is 8.42 Å². The number of aryl methyl sites for hydroxylation is 1. The first-order chi connectivity index (χ1) is 9.03. The Morgan fingerprint density at radius 2 is 2.16 bits per heavy atom. The molecule has 2 aromatic rings. The molecule has 0 aromatic carbocycles. The number of hydrogen-bond donors (Lipinski definition) is 2. The highest BCUT2D eigenvalue weighted by atomic mass is 32.2. The van der Waals surface area contributed by atoms with Crippen LogP contribution in [0.2, 0.25) is 0 Å². The average molecular weight is 281 g/mol. The van der Waals surface area contributed by atoms with E-state index >= 15 is 0 Å². The predicted octanol–water partition coefficient (Wildman–Crippen LogP) is 0.335. The minimum Gasteiger partial charge on any atom is -0.387 e. The highest BCUT2D eigenvalue weighted by Gasteiger charge is 2.18. The number of sulfonamides is 1. The number of anilines is 1. The Morgan fingerprint density at radius 3 is 2.79 bits per heavy atom. The highest BCUT2D eigenvalue weighted by Crippen LogP contribution is 2.18. The van der Waals surface area contributed by atoms with Gasteiger partial charge in [-0.25, -0.2) is 13.1 Å². The lowest BCUT2D eigenvalue weighted by molar-refractivity contribution is 0.579. The number of nitrogens with one attached hydrogen (secondary N) is 2. The van der Waals surface area contributed by atoms with Gasteiger partial charge >= 0.3 is 0 Å². The molecule has 0 radical (unpaired) electrons. The fourth-order valence-electron chi connectivity index (χ4n) is 1.60. The molecule has 8 heteroatoms. The fourth-order valence-corrected chi connectivity index (χ4v) is 2.76.